The van der Waals surface area contributed by atoms with Gasteiger partial charge in [0.15, 0.2) is 0 Å². The van der Waals surface area contributed by atoms with Crippen LogP contribution in [0.1, 0.15) is 39.5 Å². The van der Waals surface area contributed by atoms with Crippen molar-refractivity contribution < 1.29 is 13.9 Å². The molecule has 0 aromatic heterocycles. The van der Waals surface area contributed by atoms with Crippen LogP contribution in [0.15, 0.2) is 0 Å². The first-order chi connectivity index (χ1) is 5.40. The Morgan fingerprint density at radius 3 is 2.50 bits per heavy atom. The summed E-state index contributed by atoms with van der Waals surface area (Å²) < 4.78 is 25.9. The van der Waals surface area contributed by atoms with E-state index in [-0.39, 0.29) is 19.3 Å². The van der Waals surface area contributed by atoms with E-state index >= 15 is 0 Å². The van der Waals surface area contributed by atoms with Gasteiger partial charge >= 0.3 is 0 Å². The first-order valence-corrected chi connectivity index (χ1v) is 4.45. The highest BCUT2D eigenvalue weighted by molar-refractivity contribution is 4.92. The largest absolute Gasteiger partial charge is 0.393 e. The Hall–Kier alpha value is -0.180. The molecule has 0 spiro atoms. The third kappa shape index (κ3) is 1.76. The van der Waals surface area contributed by atoms with Gasteiger partial charge in [0, 0.05) is 12.8 Å². The van der Waals surface area contributed by atoms with Gasteiger partial charge in [-0.3, -0.25) is 0 Å². The fourth-order valence-corrected chi connectivity index (χ4v) is 1.85. The SMILES string of the molecule is CCC1(C)CC(F)(F)CC[C@@H]1O. The van der Waals surface area contributed by atoms with Crippen molar-refractivity contribution in [3.63, 3.8) is 0 Å². The van der Waals surface area contributed by atoms with Crippen LogP contribution in [0.2, 0.25) is 0 Å². The molecule has 0 bridgehead atoms. The van der Waals surface area contributed by atoms with E-state index < -0.39 is 17.4 Å². The van der Waals surface area contributed by atoms with Gasteiger partial charge in [-0.05, 0) is 18.3 Å². The van der Waals surface area contributed by atoms with Gasteiger partial charge in [-0.15, -0.1) is 0 Å². The van der Waals surface area contributed by atoms with Gasteiger partial charge in [0.1, 0.15) is 0 Å². The molecular weight excluding hydrogens is 162 g/mol. The summed E-state index contributed by atoms with van der Waals surface area (Å²) >= 11 is 0. The highest BCUT2D eigenvalue weighted by Crippen LogP contribution is 2.46. The average molecular weight is 178 g/mol. The van der Waals surface area contributed by atoms with Crippen LogP contribution in [0.4, 0.5) is 8.78 Å². The van der Waals surface area contributed by atoms with Crippen molar-refractivity contribution >= 4 is 0 Å². The minimum absolute atomic E-state index is 0.163. The van der Waals surface area contributed by atoms with Crippen molar-refractivity contribution in [2.75, 3.05) is 0 Å². The fraction of sp³-hybridized carbons (Fsp3) is 1.00. The summed E-state index contributed by atoms with van der Waals surface area (Å²) in [4.78, 5) is 0. The summed E-state index contributed by atoms with van der Waals surface area (Å²) in [7, 11) is 0. The Balaban J connectivity index is 2.72. The minimum atomic E-state index is -2.57. The number of rotatable bonds is 1. The first kappa shape index (κ1) is 9.90. The molecule has 1 aliphatic carbocycles. The van der Waals surface area contributed by atoms with Gasteiger partial charge in [-0.2, -0.15) is 0 Å². The predicted octanol–water partition coefficient (Wildman–Crippen LogP) is 2.58. The zero-order valence-electron chi connectivity index (χ0n) is 7.61. The van der Waals surface area contributed by atoms with Gasteiger partial charge in [0.25, 0.3) is 0 Å². The van der Waals surface area contributed by atoms with Crippen LogP contribution in [0.3, 0.4) is 0 Å². The Labute approximate surface area is 71.8 Å². The van der Waals surface area contributed by atoms with E-state index in [4.69, 9.17) is 0 Å². The lowest BCUT2D eigenvalue weighted by Crippen LogP contribution is -2.43. The molecule has 1 aliphatic rings. The van der Waals surface area contributed by atoms with E-state index in [2.05, 4.69) is 0 Å². The molecule has 1 nitrogen and oxygen atoms in total. The van der Waals surface area contributed by atoms with Crippen molar-refractivity contribution in [2.24, 2.45) is 5.41 Å². The van der Waals surface area contributed by atoms with Crippen LogP contribution in [-0.2, 0) is 0 Å². The third-order valence-corrected chi connectivity index (χ3v) is 3.06. The van der Waals surface area contributed by atoms with E-state index in [9.17, 15) is 13.9 Å². The molecule has 1 rings (SSSR count). The fourth-order valence-electron chi connectivity index (χ4n) is 1.85. The third-order valence-electron chi connectivity index (χ3n) is 3.06. The van der Waals surface area contributed by atoms with Crippen LogP contribution in [0, 0.1) is 5.41 Å². The van der Waals surface area contributed by atoms with Crippen molar-refractivity contribution in [3.8, 4) is 0 Å². The van der Waals surface area contributed by atoms with Gasteiger partial charge in [0.2, 0.25) is 5.92 Å². The predicted molar refractivity (Wildman–Crippen MR) is 43.2 cm³/mol. The maximum atomic E-state index is 12.9. The van der Waals surface area contributed by atoms with Crippen molar-refractivity contribution in [1.82, 2.24) is 0 Å². The Kier molecular flexibility index (Phi) is 2.43. The molecule has 12 heavy (non-hydrogen) atoms. The van der Waals surface area contributed by atoms with Gasteiger partial charge in [0.05, 0.1) is 6.10 Å². The number of aliphatic hydroxyl groups is 1. The second-order valence-corrected chi connectivity index (χ2v) is 4.09. The molecule has 0 saturated heterocycles. The minimum Gasteiger partial charge on any atom is -0.393 e. The highest BCUT2D eigenvalue weighted by Gasteiger charge is 2.46. The van der Waals surface area contributed by atoms with E-state index in [1.807, 2.05) is 6.92 Å². The Morgan fingerprint density at radius 1 is 1.50 bits per heavy atom. The smallest absolute Gasteiger partial charge is 0.248 e. The topological polar surface area (TPSA) is 20.2 Å². The van der Waals surface area contributed by atoms with E-state index in [0.29, 0.717) is 6.42 Å². The number of alkyl halides is 2. The maximum absolute atomic E-state index is 12.9. The van der Waals surface area contributed by atoms with Gasteiger partial charge < -0.3 is 5.11 Å². The first-order valence-electron chi connectivity index (χ1n) is 4.45. The standard InChI is InChI=1S/C9H16F2O/c1-3-8(2)6-9(10,11)5-4-7(8)12/h7,12H,3-6H2,1-2H3/t7-,8?/m0/s1. The molecule has 2 atom stereocenters. The molecule has 1 N–H and O–H groups in total. The molecule has 0 heterocycles. The molecule has 0 aromatic carbocycles. The average Bonchev–Trinajstić information content (AvgIpc) is 1.97. The second kappa shape index (κ2) is 2.95. The van der Waals surface area contributed by atoms with Crippen molar-refractivity contribution in [3.05, 3.63) is 0 Å². The molecule has 0 aromatic rings. The number of aliphatic hydroxyl groups excluding tert-OH is 1. The molecule has 0 radical (unpaired) electrons. The van der Waals surface area contributed by atoms with Crippen LogP contribution in [0.5, 0.6) is 0 Å². The molecule has 1 saturated carbocycles. The number of hydrogen-bond acceptors (Lipinski definition) is 1. The second-order valence-electron chi connectivity index (χ2n) is 4.09. The number of hydrogen-bond donors (Lipinski definition) is 1. The van der Waals surface area contributed by atoms with E-state index in [1.165, 1.54) is 0 Å². The van der Waals surface area contributed by atoms with Crippen LogP contribution >= 0.6 is 0 Å². The molecule has 1 fully saturated rings. The Morgan fingerprint density at radius 2 is 2.08 bits per heavy atom. The molecule has 3 heteroatoms. The maximum Gasteiger partial charge on any atom is 0.248 e. The summed E-state index contributed by atoms with van der Waals surface area (Å²) in [6.07, 6.45) is -0.0372. The summed E-state index contributed by atoms with van der Waals surface area (Å²) in [5.74, 6) is -2.57. The van der Waals surface area contributed by atoms with Gasteiger partial charge in [-0.25, -0.2) is 8.78 Å². The summed E-state index contributed by atoms with van der Waals surface area (Å²) in [6, 6.07) is 0. The monoisotopic (exact) mass is 178 g/mol. The molecule has 0 aliphatic heterocycles. The zero-order chi connectivity index (χ0) is 9.41. The van der Waals surface area contributed by atoms with Crippen molar-refractivity contribution in [2.45, 2.75) is 51.6 Å². The van der Waals surface area contributed by atoms with E-state index in [1.54, 1.807) is 6.92 Å². The summed E-state index contributed by atoms with van der Waals surface area (Å²) in [5, 5.41) is 9.53. The van der Waals surface area contributed by atoms with Crippen LogP contribution < -0.4 is 0 Å². The lowest BCUT2D eigenvalue weighted by atomic mass is 9.70. The normalized spacial score (nSPS) is 41.2. The number of halogens is 2. The quantitative estimate of drug-likeness (QED) is 0.654. The molecule has 1 unspecified atom stereocenters. The van der Waals surface area contributed by atoms with E-state index in [0.717, 1.165) is 0 Å². The Bertz CT molecular complexity index is 170. The van der Waals surface area contributed by atoms with Crippen LogP contribution in [0.25, 0.3) is 0 Å². The van der Waals surface area contributed by atoms with Crippen LogP contribution in [-0.4, -0.2) is 17.1 Å². The molecule has 0 amide bonds. The van der Waals surface area contributed by atoms with Gasteiger partial charge in [-0.1, -0.05) is 13.8 Å². The lowest BCUT2D eigenvalue weighted by molar-refractivity contribution is -0.129. The summed E-state index contributed by atoms with van der Waals surface area (Å²) in [5.41, 5.74) is -0.582. The van der Waals surface area contributed by atoms with Crippen molar-refractivity contribution in [1.29, 1.82) is 0 Å². The molecule has 72 valence electrons. The summed E-state index contributed by atoms with van der Waals surface area (Å²) in [6.45, 7) is 3.59. The highest BCUT2D eigenvalue weighted by atomic mass is 19.3. The molecular formula is C9H16F2O. The lowest BCUT2D eigenvalue weighted by Gasteiger charge is -2.41. The zero-order valence-corrected chi connectivity index (χ0v) is 7.61.